The Morgan fingerprint density at radius 3 is 2.67 bits per heavy atom. The zero-order valence-electron chi connectivity index (χ0n) is 16.1. The third-order valence-corrected chi connectivity index (χ3v) is 5.73. The van der Waals surface area contributed by atoms with Crippen molar-refractivity contribution < 1.29 is 9.47 Å². The highest BCUT2D eigenvalue weighted by atomic mass is 16.5. The predicted octanol–water partition coefficient (Wildman–Crippen LogP) is 2.28. The molecular weight excluding hydrogens is 342 g/mol. The number of piperidine rings is 1. The van der Waals surface area contributed by atoms with Crippen LogP contribution in [0.2, 0.25) is 0 Å². The topological polar surface area (TPSA) is 65.3 Å². The number of ether oxygens (including phenoxy) is 2. The summed E-state index contributed by atoms with van der Waals surface area (Å²) in [6.45, 7) is 5.34. The number of hydrogen-bond acceptors (Lipinski definition) is 6. The average molecular weight is 371 g/mol. The minimum atomic E-state index is 0.356. The van der Waals surface area contributed by atoms with Crippen molar-refractivity contribution in [2.24, 2.45) is 5.92 Å². The van der Waals surface area contributed by atoms with Gasteiger partial charge < -0.3 is 14.4 Å². The Morgan fingerprint density at radius 1 is 1.15 bits per heavy atom. The lowest BCUT2D eigenvalue weighted by Gasteiger charge is -2.32. The number of hydrogen-bond donors (Lipinski definition) is 0. The summed E-state index contributed by atoms with van der Waals surface area (Å²) in [4.78, 5) is 6.51. The van der Waals surface area contributed by atoms with Crippen molar-refractivity contribution >= 4 is 5.95 Å². The summed E-state index contributed by atoms with van der Waals surface area (Å²) in [5.41, 5.74) is 1.29. The lowest BCUT2D eigenvalue weighted by molar-refractivity contribution is 0.138. The van der Waals surface area contributed by atoms with Gasteiger partial charge in [-0.3, -0.25) is 9.55 Å². The normalized spacial score (nSPS) is 21.1. The van der Waals surface area contributed by atoms with Gasteiger partial charge in [0.2, 0.25) is 5.95 Å². The van der Waals surface area contributed by atoms with E-state index in [2.05, 4.69) is 36.8 Å². The van der Waals surface area contributed by atoms with Crippen LogP contribution in [0.3, 0.4) is 0 Å². The number of anilines is 1. The summed E-state index contributed by atoms with van der Waals surface area (Å²) in [6, 6.07) is 4.16. The Bertz CT molecular complexity index is 706. The van der Waals surface area contributed by atoms with Gasteiger partial charge in [0.25, 0.3) is 0 Å². The van der Waals surface area contributed by atoms with E-state index in [-0.39, 0.29) is 0 Å². The minimum Gasteiger partial charge on any atom is -0.384 e. The van der Waals surface area contributed by atoms with Gasteiger partial charge in [-0.15, -0.1) is 10.2 Å². The van der Waals surface area contributed by atoms with Gasteiger partial charge in [-0.25, -0.2) is 0 Å². The van der Waals surface area contributed by atoms with Crippen LogP contribution in [0.15, 0.2) is 24.5 Å². The molecule has 7 heteroatoms. The molecule has 0 bridgehead atoms. The molecule has 1 unspecified atom stereocenters. The van der Waals surface area contributed by atoms with Crippen molar-refractivity contribution in [3.05, 3.63) is 35.9 Å². The van der Waals surface area contributed by atoms with Crippen molar-refractivity contribution in [3.8, 4) is 0 Å². The van der Waals surface area contributed by atoms with E-state index in [1.165, 1.54) is 5.56 Å². The highest BCUT2D eigenvalue weighted by Crippen LogP contribution is 2.29. The van der Waals surface area contributed by atoms with E-state index in [1.54, 1.807) is 7.11 Å². The molecule has 0 amide bonds. The fourth-order valence-electron chi connectivity index (χ4n) is 4.12. The lowest BCUT2D eigenvalue weighted by atomic mass is 9.98. The number of methoxy groups -OCH3 is 1. The molecule has 2 aromatic heterocycles. The molecule has 0 radical (unpaired) electrons. The van der Waals surface area contributed by atoms with Crippen molar-refractivity contribution in [2.75, 3.05) is 44.9 Å². The van der Waals surface area contributed by atoms with Crippen LogP contribution < -0.4 is 4.90 Å². The molecular formula is C20H29N5O2. The summed E-state index contributed by atoms with van der Waals surface area (Å²) >= 11 is 0. The van der Waals surface area contributed by atoms with Crippen LogP contribution in [0.1, 0.15) is 36.6 Å². The number of nitrogens with zero attached hydrogens (tertiary/aromatic N) is 5. The Hall–Kier alpha value is -1.99. The van der Waals surface area contributed by atoms with Gasteiger partial charge in [-0.1, -0.05) is 0 Å². The van der Waals surface area contributed by atoms with Crippen LogP contribution in [-0.2, 0) is 22.4 Å². The van der Waals surface area contributed by atoms with Crippen molar-refractivity contribution in [1.29, 1.82) is 0 Å². The quantitative estimate of drug-likeness (QED) is 0.744. The van der Waals surface area contributed by atoms with Crippen LogP contribution in [0.4, 0.5) is 5.95 Å². The first-order valence-electron chi connectivity index (χ1n) is 9.98. The minimum absolute atomic E-state index is 0.356. The third kappa shape index (κ3) is 4.30. The Labute approximate surface area is 160 Å². The summed E-state index contributed by atoms with van der Waals surface area (Å²) in [5.74, 6) is 3.11. The van der Waals surface area contributed by atoms with E-state index in [4.69, 9.17) is 9.47 Å². The number of pyridine rings is 1. The molecule has 2 aliphatic rings. The van der Waals surface area contributed by atoms with Crippen molar-refractivity contribution in [2.45, 2.75) is 38.1 Å². The van der Waals surface area contributed by atoms with E-state index in [0.29, 0.717) is 11.8 Å². The second kappa shape index (κ2) is 8.80. The summed E-state index contributed by atoms with van der Waals surface area (Å²) in [7, 11) is 1.79. The van der Waals surface area contributed by atoms with Crippen LogP contribution in [0.25, 0.3) is 0 Å². The molecule has 4 rings (SSSR count). The van der Waals surface area contributed by atoms with Crippen molar-refractivity contribution in [3.63, 3.8) is 0 Å². The van der Waals surface area contributed by atoms with Crippen LogP contribution in [0.5, 0.6) is 0 Å². The summed E-state index contributed by atoms with van der Waals surface area (Å²) in [5, 5.41) is 9.20. The van der Waals surface area contributed by atoms with E-state index < -0.39 is 0 Å². The van der Waals surface area contributed by atoms with Crippen LogP contribution >= 0.6 is 0 Å². The van der Waals surface area contributed by atoms with E-state index in [1.807, 2.05) is 12.4 Å². The molecule has 0 N–H and O–H groups in total. The van der Waals surface area contributed by atoms with Gasteiger partial charge in [-0.2, -0.15) is 0 Å². The largest absolute Gasteiger partial charge is 0.384 e. The summed E-state index contributed by atoms with van der Waals surface area (Å²) < 4.78 is 13.3. The molecule has 0 saturated carbocycles. The predicted molar refractivity (Wildman–Crippen MR) is 103 cm³/mol. The van der Waals surface area contributed by atoms with E-state index in [9.17, 15) is 0 Å². The molecule has 2 saturated heterocycles. The van der Waals surface area contributed by atoms with Gasteiger partial charge >= 0.3 is 0 Å². The monoisotopic (exact) mass is 371 g/mol. The zero-order valence-corrected chi connectivity index (χ0v) is 16.1. The lowest BCUT2D eigenvalue weighted by Crippen LogP contribution is -2.37. The fourth-order valence-corrected chi connectivity index (χ4v) is 4.12. The van der Waals surface area contributed by atoms with Crippen molar-refractivity contribution in [1.82, 2.24) is 19.7 Å². The molecule has 4 heterocycles. The number of aromatic nitrogens is 4. The standard InChI is InChI=1S/C20H29N5O2/c1-26-14-17-4-10-24(11-5-17)20-23-22-19(18-7-13-27-15-18)25(20)12-6-16-2-8-21-9-3-16/h2-3,8-9,17-18H,4-7,10-15H2,1H3. The molecule has 0 spiro atoms. The maximum absolute atomic E-state index is 5.61. The Morgan fingerprint density at radius 2 is 1.96 bits per heavy atom. The highest BCUT2D eigenvalue weighted by Gasteiger charge is 2.28. The van der Waals surface area contributed by atoms with Gasteiger partial charge in [0.1, 0.15) is 5.82 Å². The van der Waals surface area contributed by atoms with Crippen LogP contribution in [0, 0.1) is 5.92 Å². The number of aryl methyl sites for hydroxylation is 1. The SMILES string of the molecule is COCC1CCN(c2nnc(C3CCOC3)n2CCc2ccncc2)CC1. The van der Waals surface area contributed by atoms with Gasteiger partial charge in [0.05, 0.1) is 6.61 Å². The molecule has 0 aromatic carbocycles. The van der Waals surface area contributed by atoms with Gasteiger partial charge in [0, 0.05) is 58.3 Å². The molecule has 0 aliphatic carbocycles. The van der Waals surface area contributed by atoms with E-state index >= 15 is 0 Å². The molecule has 1 atom stereocenters. The van der Waals surface area contributed by atoms with E-state index in [0.717, 1.165) is 76.9 Å². The third-order valence-electron chi connectivity index (χ3n) is 5.73. The molecule has 2 aromatic rings. The molecule has 2 fully saturated rings. The van der Waals surface area contributed by atoms with Gasteiger partial charge in [0.15, 0.2) is 0 Å². The maximum atomic E-state index is 5.61. The zero-order chi connectivity index (χ0) is 18.5. The number of rotatable bonds is 7. The molecule has 27 heavy (non-hydrogen) atoms. The molecule has 146 valence electrons. The highest BCUT2D eigenvalue weighted by molar-refractivity contribution is 5.33. The first kappa shape index (κ1) is 18.4. The second-order valence-corrected chi connectivity index (χ2v) is 7.56. The fraction of sp³-hybridized carbons (Fsp3) is 0.650. The van der Waals surface area contributed by atoms with Gasteiger partial charge in [-0.05, 0) is 49.3 Å². The van der Waals surface area contributed by atoms with Crippen LogP contribution in [-0.4, -0.2) is 59.8 Å². The first-order chi connectivity index (χ1) is 13.3. The Balaban J connectivity index is 1.52. The summed E-state index contributed by atoms with van der Waals surface area (Å²) in [6.07, 6.45) is 7.99. The average Bonchev–Trinajstić information content (AvgIpc) is 3.38. The Kier molecular flexibility index (Phi) is 5.99. The smallest absolute Gasteiger partial charge is 0.227 e. The maximum Gasteiger partial charge on any atom is 0.227 e. The second-order valence-electron chi connectivity index (χ2n) is 7.56. The first-order valence-corrected chi connectivity index (χ1v) is 9.98. The molecule has 2 aliphatic heterocycles. The molecule has 7 nitrogen and oxygen atoms in total.